The Labute approximate surface area is 308 Å². The SMILES string of the molecule is [C-]#[N+]c1cc(-c2ccc(-c3c4ccccc4c(-c4ccccc4)c4ccccc34)cc2)cc(-c2ccccc2-n2c3ccccc3c3ccccc32)c1. The molecule has 0 atom stereocenters. The zero-order valence-electron chi connectivity index (χ0n) is 28.9. The zero-order chi connectivity index (χ0) is 35.3. The lowest BCUT2D eigenvalue weighted by Gasteiger charge is -2.18. The van der Waals surface area contributed by atoms with Gasteiger partial charge in [0.15, 0.2) is 5.69 Å². The van der Waals surface area contributed by atoms with E-state index in [0.29, 0.717) is 5.69 Å². The molecule has 246 valence electrons. The van der Waals surface area contributed by atoms with Gasteiger partial charge in [0.05, 0.1) is 23.3 Å². The molecule has 0 unspecified atom stereocenters. The second kappa shape index (κ2) is 12.5. The molecule has 0 aliphatic heterocycles. The Balaban J connectivity index is 1.12. The predicted octanol–water partition coefficient (Wildman–Crippen LogP) is 14.3. The number of aromatic nitrogens is 1. The summed E-state index contributed by atoms with van der Waals surface area (Å²) in [6.07, 6.45) is 0. The normalized spacial score (nSPS) is 11.4. The maximum Gasteiger partial charge on any atom is 0.188 e. The number of nitrogens with zero attached hydrogens (tertiary/aromatic N) is 2. The van der Waals surface area contributed by atoms with Gasteiger partial charge >= 0.3 is 0 Å². The molecule has 10 rings (SSSR count). The molecule has 10 aromatic rings. The van der Waals surface area contributed by atoms with E-state index in [1.165, 1.54) is 54.6 Å². The van der Waals surface area contributed by atoms with Crippen molar-refractivity contribution in [2.24, 2.45) is 0 Å². The molecular weight excluding hydrogens is 641 g/mol. The van der Waals surface area contributed by atoms with E-state index in [4.69, 9.17) is 6.57 Å². The van der Waals surface area contributed by atoms with E-state index in [9.17, 15) is 0 Å². The van der Waals surface area contributed by atoms with Crippen LogP contribution in [0.5, 0.6) is 0 Å². The number of benzene rings is 9. The van der Waals surface area contributed by atoms with Gasteiger partial charge in [-0.1, -0.05) is 158 Å². The third-order valence-electron chi connectivity index (χ3n) is 10.6. The van der Waals surface area contributed by atoms with Crippen molar-refractivity contribution in [3.8, 4) is 50.2 Å². The van der Waals surface area contributed by atoms with Crippen LogP contribution in [0.2, 0.25) is 0 Å². The van der Waals surface area contributed by atoms with Crippen LogP contribution in [0.15, 0.2) is 194 Å². The molecule has 0 aliphatic carbocycles. The molecule has 0 aliphatic rings. The van der Waals surface area contributed by atoms with Gasteiger partial charge in [0.2, 0.25) is 0 Å². The van der Waals surface area contributed by atoms with E-state index in [-0.39, 0.29) is 0 Å². The van der Waals surface area contributed by atoms with Gasteiger partial charge in [0.25, 0.3) is 0 Å². The largest absolute Gasteiger partial charge is 0.309 e. The third-order valence-corrected chi connectivity index (χ3v) is 10.6. The molecule has 1 heterocycles. The Morgan fingerprint density at radius 2 is 0.774 bits per heavy atom. The van der Waals surface area contributed by atoms with Crippen molar-refractivity contribution in [2.45, 2.75) is 0 Å². The van der Waals surface area contributed by atoms with Crippen LogP contribution >= 0.6 is 0 Å². The minimum atomic E-state index is 0.618. The molecule has 0 fully saturated rings. The minimum Gasteiger partial charge on any atom is -0.309 e. The molecule has 0 saturated carbocycles. The molecule has 2 nitrogen and oxygen atoms in total. The van der Waals surface area contributed by atoms with E-state index in [2.05, 4.69) is 191 Å². The first-order valence-corrected chi connectivity index (χ1v) is 18.0. The van der Waals surface area contributed by atoms with Crippen LogP contribution < -0.4 is 0 Å². The highest BCUT2D eigenvalue weighted by molar-refractivity contribution is 6.21. The molecule has 0 spiro atoms. The van der Waals surface area contributed by atoms with Gasteiger partial charge in [-0.2, -0.15) is 0 Å². The van der Waals surface area contributed by atoms with Crippen molar-refractivity contribution >= 4 is 49.0 Å². The number of hydrogen-bond acceptors (Lipinski definition) is 0. The maximum absolute atomic E-state index is 8.07. The minimum absolute atomic E-state index is 0.618. The molecule has 0 N–H and O–H groups in total. The average Bonchev–Trinajstić information content (AvgIpc) is 3.57. The first kappa shape index (κ1) is 30.6. The van der Waals surface area contributed by atoms with E-state index in [1.54, 1.807) is 0 Å². The molecule has 0 amide bonds. The number of para-hydroxylation sites is 3. The van der Waals surface area contributed by atoms with E-state index in [1.807, 2.05) is 12.1 Å². The van der Waals surface area contributed by atoms with Gasteiger partial charge in [0, 0.05) is 16.3 Å². The summed E-state index contributed by atoms with van der Waals surface area (Å²) >= 11 is 0. The molecule has 53 heavy (non-hydrogen) atoms. The highest BCUT2D eigenvalue weighted by Crippen LogP contribution is 2.44. The van der Waals surface area contributed by atoms with Crippen LogP contribution in [-0.4, -0.2) is 4.57 Å². The van der Waals surface area contributed by atoms with Gasteiger partial charge in [-0.15, -0.1) is 0 Å². The molecule has 2 heteroatoms. The summed E-state index contributed by atoms with van der Waals surface area (Å²) in [4.78, 5) is 3.95. The molecule has 9 aromatic carbocycles. The third kappa shape index (κ3) is 5.02. The zero-order valence-corrected chi connectivity index (χ0v) is 28.9. The van der Waals surface area contributed by atoms with Crippen molar-refractivity contribution in [1.29, 1.82) is 0 Å². The first-order valence-electron chi connectivity index (χ1n) is 18.0. The fraction of sp³-hybridized carbons (Fsp3) is 0. The Bertz CT molecular complexity index is 2940. The quantitative estimate of drug-likeness (QED) is 0.127. The van der Waals surface area contributed by atoms with Crippen molar-refractivity contribution in [1.82, 2.24) is 4.57 Å². The lowest BCUT2D eigenvalue weighted by atomic mass is 9.85. The van der Waals surface area contributed by atoms with Crippen LogP contribution in [0.4, 0.5) is 5.69 Å². The maximum atomic E-state index is 8.07. The molecular formula is C51H32N2. The van der Waals surface area contributed by atoms with Gasteiger partial charge in [0.1, 0.15) is 0 Å². The Kier molecular flexibility index (Phi) is 7.23. The van der Waals surface area contributed by atoms with Crippen molar-refractivity contribution in [3.05, 3.63) is 206 Å². The smallest absolute Gasteiger partial charge is 0.188 e. The fourth-order valence-corrected chi connectivity index (χ4v) is 8.28. The van der Waals surface area contributed by atoms with E-state index < -0.39 is 0 Å². The summed E-state index contributed by atoms with van der Waals surface area (Å²) in [5.74, 6) is 0. The lowest BCUT2D eigenvalue weighted by Crippen LogP contribution is -1.97. The second-order valence-corrected chi connectivity index (χ2v) is 13.6. The van der Waals surface area contributed by atoms with Crippen molar-refractivity contribution in [2.75, 3.05) is 0 Å². The Morgan fingerprint density at radius 1 is 0.340 bits per heavy atom. The van der Waals surface area contributed by atoms with Crippen LogP contribution in [0.1, 0.15) is 0 Å². The van der Waals surface area contributed by atoms with Gasteiger partial charge < -0.3 is 4.57 Å². The van der Waals surface area contributed by atoms with Gasteiger partial charge in [-0.25, -0.2) is 4.85 Å². The highest BCUT2D eigenvalue weighted by atomic mass is 15.0. The van der Waals surface area contributed by atoms with E-state index >= 15 is 0 Å². The van der Waals surface area contributed by atoms with Crippen LogP contribution in [-0.2, 0) is 0 Å². The summed E-state index contributed by atoms with van der Waals surface area (Å²) in [5.41, 5.74) is 13.1. The molecule has 1 aromatic heterocycles. The fourth-order valence-electron chi connectivity index (χ4n) is 8.28. The molecule has 0 bridgehead atoms. The second-order valence-electron chi connectivity index (χ2n) is 13.6. The predicted molar refractivity (Wildman–Crippen MR) is 224 cm³/mol. The molecule has 0 radical (unpaired) electrons. The van der Waals surface area contributed by atoms with Crippen LogP contribution in [0.25, 0.3) is 98.4 Å². The standard InChI is InChI=1S/C51H32N2/c1-52-39-32-37(31-38(33-39)40-17-9-12-24-47(40)53-48-25-13-10-18-41(48)42-19-11-14-26-49(42)53)34-27-29-36(30-28-34)51-45-22-7-5-20-43(45)50(35-15-3-2-4-16-35)44-21-6-8-23-46(44)51/h2-33H. The van der Waals surface area contributed by atoms with E-state index in [0.717, 1.165) is 39.0 Å². The van der Waals surface area contributed by atoms with Crippen molar-refractivity contribution < 1.29 is 0 Å². The van der Waals surface area contributed by atoms with Crippen molar-refractivity contribution in [3.63, 3.8) is 0 Å². The number of fused-ring (bicyclic) bond motifs is 5. The van der Waals surface area contributed by atoms with Gasteiger partial charge in [-0.05, 0) is 96.9 Å². The van der Waals surface area contributed by atoms with Gasteiger partial charge in [-0.3, -0.25) is 0 Å². The van der Waals surface area contributed by atoms with Crippen LogP contribution in [0, 0.1) is 6.57 Å². The highest BCUT2D eigenvalue weighted by Gasteiger charge is 2.18. The average molecular weight is 673 g/mol. The monoisotopic (exact) mass is 672 g/mol. The summed E-state index contributed by atoms with van der Waals surface area (Å²) in [5, 5.41) is 7.40. The summed E-state index contributed by atoms with van der Waals surface area (Å²) in [6.45, 7) is 8.07. The first-order chi connectivity index (χ1) is 26.3. The summed E-state index contributed by atoms with van der Waals surface area (Å²) < 4.78 is 2.36. The Hall–Kier alpha value is -7.21. The number of hydrogen-bond donors (Lipinski definition) is 0. The topological polar surface area (TPSA) is 9.29 Å². The van der Waals surface area contributed by atoms with Crippen LogP contribution in [0.3, 0.4) is 0 Å². The number of rotatable bonds is 5. The Morgan fingerprint density at radius 3 is 1.34 bits per heavy atom. The summed E-state index contributed by atoms with van der Waals surface area (Å²) in [6, 6.07) is 69.1. The lowest BCUT2D eigenvalue weighted by molar-refractivity contribution is 1.18. The summed E-state index contributed by atoms with van der Waals surface area (Å²) in [7, 11) is 0. The molecule has 0 saturated heterocycles.